The molecule has 0 radical (unpaired) electrons. The van der Waals surface area contributed by atoms with Gasteiger partial charge in [0, 0.05) is 5.92 Å². The fraction of sp³-hybridized carbons (Fsp3) is 0.800. The van der Waals surface area contributed by atoms with Crippen molar-refractivity contribution < 1.29 is 0 Å². The lowest BCUT2D eigenvalue weighted by atomic mass is 9.89. The molecule has 14 heavy (non-hydrogen) atoms. The van der Waals surface area contributed by atoms with Crippen molar-refractivity contribution in [3.63, 3.8) is 0 Å². The normalized spacial score (nSPS) is 18.6. The number of aromatic amines is 1. The number of rotatable bonds is 3. The topological polar surface area (TPSA) is 41.6 Å². The summed E-state index contributed by atoms with van der Waals surface area (Å²) in [4.78, 5) is 4.54. The minimum absolute atomic E-state index is 0.621. The molecule has 1 N–H and O–H groups in total. The van der Waals surface area contributed by atoms with Crippen molar-refractivity contribution in [2.45, 2.75) is 43.8 Å². The summed E-state index contributed by atoms with van der Waals surface area (Å²) in [5.74, 6) is 3.64. The number of aromatic nitrogens is 3. The van der Waals surface area contributed by atoms with E-state index < -0.39 is 0 Å². The second-order valence-corrected chi connectivity index (χ2v) is 4.77. The van der Waals surface area contributed by atoms with E-state index in [4.69, 9.17) is 0 Å². The summed E-state index contributed by atoms with van der Waals surface area (Å²) >= 11 is 1.78. The molecule has 1 aromatic heterocycles. The van der Waals surface area contributed by atoms with Crippen molar-refractivity contribution in [1.82, 2.24) is 15.2 Å². The van der Waals surface area contributed by atoms with Crippen LogP contribution in [0.2, 0.25) is 0 Å². The van der Waals surface area contributed by atoms with Gasteiger partial charge < -0.3 is 0 Å². The first-order valence-electron chi connectivity index (χ1n) is 5.30. The van der Waals surface area contributed by atoms with Gasteiger partial charge in [0.05, 0.1) is 5.75 Å². The number of hydrogen-bond acceptors (Lipinski definition) is 3. The molecule has 0 saturated heterocycles. The Morgan fingerprint density at radius 1 is 1.36 bits per heavy atom. The average Bonchev–Trinajstić information content (AvgIpc) is 2.68. The molecule has 0 bridgehead atoms. The lowest BCUT2D eigenvalue weighted by Gasteiger charge is -2.17. The van der Waals surface area contributed by atoms with Crippen molar-refractivity contribution in [1.29, 1.82) is 0 Å². The van der Waals surface area contributed by atoms with Gasteiger partial charge in [-0.15, -0.1) is 0 Å². The van der Waals surface area contributed by atoms with Gasteiger partial charge in [-0.2, -0.15) is 16.9 Å². The summed E-state index contributed by atoms with van der Waals surface area (Å²) in [6.45, 7) is 0. The zero-order chi connectivity index (χ0) is 9.80. The second kappa shape index (κ2) is 4.82. The van der Waals surface area contributed by atoms with Crippen molar-refractivity contribution >= 4 is 11.8 Å². The maximum Gasteiger partial charge on any atom is 0.153 e. The second-order valence-electron chi connectivity index (χ2n) is 3.91. The molecule has 1 saturated carbocycles. The van der Waals surface area contributed by atoms with Crippen molar-refractivity contribution in [2.24, 2.45) is 0 Å². The van der Waals surface area contributed by atoms with E-state index in [-0.39, 0.29) is 0 Å². The number of thioether (sulfide) groups is 1. The molecule has 1 fully saturated rings. The Kier molecular flexibility index (Phi) is 3.45. The van der Waals surface area contributed by atoms with Gasteiger partial charge in [-0.3, -0.25) is 5.10 Å². The highest BCUT2D eigenvalue weighted by Crippen LogP contribution is 2.30. The molecule has 3 nitrogen and oxygen atoms in total. The van der Waals surface area contributed by atoms with E-state index in [1.807, 2.05) is 0 Å². The highest BCUT2D eigenvalue weighted by Gasteiger charge is 2.19. The zero-order valence-corrected chi connectivity index (χ0v) is 9.44. The Hall–Kier alpha value is -0.510. The predicted molar refractivity (Wildman–Crippen MR) is 59.4 cm³/mol. The summed E-state index contributed by atoms with van der Waals surface area (Å²) in [5.41, 5.74) is 0. The summed E-state index contributed by atoms with van der Waals surface area (Å²) in [5, 5.41) is 7.33. The molecular formula is C10H17N3S. The molecule has 2 rings (SSSR count). The summed E-state index contributed by atoms with van der Waals surface area (Å²) in [6, 6.07) is 0. The van der Waals surface area contributed by atoms with Gasteiger partial charge in [0.2, 0.25) is 0 Å². The van der Waals surface area contributed by atoms with Crippen molar-refractivity contribution in [3.05, 3.63) is 11.6 Å². The zero-order valence-electron chi connectivity index (χ0n) is 8.62. The number of nitrogens with zero attached hydrogens (tertiary/aromatic N) is 2. The molecule has 1 heterocycles. The molecule has 0 spiro atoms. The van der Waals surface area contributed by atoms with Crippen LogP contribution in [0.3, 0.4) is 0 Å². The minimum Gasteiger partial charge on any atom is -0.262 e. The van der Waals surface area contributed by atoms with Crippen LogP contribution >= 0.6 is 11.8 Å². The van der Waals surface area contributed by atoms with Gasteiger partial charge >= 0.3 is 0 Å². The fourth-order valence-corrected chi connectivity index (χ4v) is 2.46. The highest BCUT2D eigenvalue weighted by atomic mass is 32.2. The molecule has 0 amide bonds. The Morgan fingerprint density at radius 3 is 2.86 bits per heavy atom. The Morgan fingerprint density at radius 2 is 2.14 bits per heavy atom. The Labute approximate surface area is 89.1 Å². The monoisotopic (exact) mass is 211 g/mol. The molecule has 1 aliphatic carbocycles. The lowest BCUT2D eigenvalue weighted by molar-refractivity contribution is 0.429. The van der Waals surface area contributed by atoms with E-state index in [1.165, 1.54) is 32.1 Å². The first-order chi connectivity index (χ1) is 6.90. The molecule has 0 aliphatic heterocycles. The molecule has 0 atom stereocenters. The molecule has 0 unspecified atom stereocenters. The molecule has 4 heteroatoms. The third-order valence-corrected chi connectivity index (χ3v) is 3.36. The summed E-state index contributed by atoms with van der Waals surface area (Å²) in [6.07, 6.45) is 8.71. The van der Waals surface area contributed by atoms with E-state index in [1.54, 1.807) is 11.8 Å². The fourth-order valence-electron chi connectivity index (χ4n) is 2.05. The van der Waals surface area contributed by atoms with E-state index in [2.05, 4.69) is 21.4 Å². The van der Waals surface area contributed by atoms with Crippen molar-refractivity contribution in [3.8, 4) is 0 Å². The van der Waals surface area contributed by atoms with Crippen LogP contribution in [0.25, 0.3) is 0 Å². The van der Waals surface area contributed by atoms with E-state index in [0.717, 1.165) is 17.4 Å². The quantitative estimate of drug-likeness (QED) is 0.835. The average molecular weight is 211 g/mol. The molecular weight excluding hydrogens is 194 g/mol. The first-order valence-corrected chi connectivity index (χ1v) is 6.69. The van der Waals surface area contributed by atoms with Gasteiger partial charge in [-0.1, -0.05) is 19.3 Å². The molecule has 1 aliphatic rings. The lowest BCUT2D eigenvalue weighted by Crippen LogP contribution is -2.06. The van der Waals surface area contributed by atoms with E-state index >= 15 is 0 Å². The number of hydrogen-bond donors (Lipinski definition) is 1. The van der Waals surface area contributed by atoms with Gasteiger partial charge in [-0.25, -0.2) is 4.98 Å². The summed E-state index contributed by atoms with van der Waals surface area (Å²) < 4.78 is 0. The molecule has 0 aromatic carbocycles. The number of nitrogens with one attached hydrogen (secondary N) is 1. The maximum atomic E-state index is 4.54. The third-order valence-electron chi connectivity index (χ3n) is 2.80. The van der Waals surface area contributed by atoms with Gasteiger partial charge in [0.1, 0.15) is 5.82 Å². The number of H-pyrrole nitrogens is 1. The van der Waals surface area contributed by atoms with Crippen LogP contribution < -0.4 is 0 Å². The van der Waals surface area contributed by atoms with E-state index in [0.29, 0.717) is 5.92 Å². The smallest absolute Gasteiger partial charge is 0.153 e. The van der Waals surface area contributed by atoms with Gasteiger partial charge in [0.25, 0.3) is 0 Å². The van der Waals surface area contributed by atoms with Crippen LogP contribution in [0.15, 0.2) is 0 Å². The van der Waals surface area contributed by atoms with Crippen LogP contribution in [0, 0.1) is 0 Å². The van der Waals surface area contributed by atoms with Crippen LogP contribution in [0.1, 0.15) is 49.7 Å². The summed E-state index contributed by atoms with van der Waals surface area (Å²) in [7, 11) is 0. The predicted octanol–water partition coefficient (Wildman–Crippen LogP) is 2.72. The van der Waals surface area contributed by atoms with Crippen LogP contribution in [0.5, 0.6) is 0 Å². The standard InChI is InChI=1S/C10H17N3S/c1-14-7-9-11-10(13-12-9)8-5-3-2-4-6-8/h8H,2-7H2,1H3,(H,11,12,13). The molecule has 78 valence electrons. The van der Waals surface area contributed by atoms with Gasteiger partial charge in [-0.05, 0) is 19.1 Å². The van der Waals surface area contributed by atoms with Crippen LogP contribution in [-0.2, 0) is 5.75 Å². The van der Waals surface area contributed by atoms with Crippen LogP contribution in [0.4, 0.5) is 0 Å². The SMILES string of the molecule is CSCc1nc(C2CCCCC2)n[nH]1. The Balaban J connectivity index is 2.00. The van der Waals surface area contributed by atoms with Crippen LogP contribution in [-0.4, -0.2) is 21.4 Å². The van der Waals surface area contributed by atoms with E-state index in [9.17, 15) is 0 Å². The highest BCUT2D eigenvalue weighted by molar-refractivity contribution is 7.97. The first kappa shape index (κ1) is 10.0. The van der Waals surface area contributed by atoms with Crippen molar-refractivity contribution in [2.75, 3.05) is 6.26 Å². The Bertz CT molecular complexity index is 279. The molecule has 1 aromatic rings. The minimum atomic E-state index is 0.621. The third kappa shape index (κ3) is 2.29. The largest absolute Gasteiger partial charge is 0.262 e. The maximum absolute atomic E-state index is 4.54. The van der Waals surface area contributed by atoms with Gasteiger partial charge in [0.15, 0.2) is 5.82 Å².